The van der Waals surface area contributed by atoms with Crippen molar-refractivity contribution >= 4 is 5.91 Å². The maximum absolute atomic E-state index is 12.9. The Morgan fingerprint density at radius 1 is 1.48 bits per heavy atom. The Bertz CT molecular complexity index is 500. The molecule has 5 nitrogen and oxygen atoms in total. The summed E-state index contributed by atoms with van der Waals surface area (Å²) < 4.78 is 1.76. The van der Waals surface area contributed by atoms with Gasteiger partial charge >= 0.3 is 0 Å². The molecule has 3 rings (SSSR count). The molecule has 5 heteroatoms. The maximum atomic E-state index is 12.9. The number of aryl methyl sites for hydroxylation is 2. The molecule has 0 radical (unpaired) electrons. The molecule has 116 valence electrons. The van der Waals surface area contributed by atoms with Crippen molar-refractivity contribution in [2.45, 2.75) is 45.1 Å². The molecule has 21 heavy (non-hydrogen) atoms. The predicted octanol–water partition coefficient (Wildman–Crippen LogP) is 1.59. The number of rotatable bonds is 5. The summed E-state index contributed by atoms with van der Waals surface area (Å²) in [6.07, 6.45) is 7.48. The first-order valence-corrected chi connectivity index (χ1v) is 8.23. The van der Waals surface area contributed by atoms with Crippen LogP contribution in [0, 0.1) is 5.92 Å². The van der Waals surface area contributed by atoms with Gasteiger partial charge in [0.25, 0.3) is 5.91 Å². The van der Waals surface area contributed by atoms with Gasteiger partial charge in [0.15, 0.2) is 0 Å². The first-order valence-electron chi connectivity index (χ1n) is 8.23. The van der Waals surface area contributed by atoms with E-state index in [0.29, 0.717) is 12.0 Å². The van der Waals surface area contributed by atoms with Crippen LogP contribution in [0.15, 0.2) is 6.20 Å². The van der Waals surface area contributed by atoms with E-state index in [-0.39, 0.29) is 5.91 Å². The van der Waals surface area contributed by atoms with E-state index in [0.717, 1.165) is 50.2 Å². The van der Waals surface area contributed by atoms with Gasteiger partial charge in [-0.2, -0.15) is 5.10 Å². The molecule has 2 aliphatic rings. The third-order valence-electron chi connectivity index (χ3n) is 4.57. The Kier molecular flexibility index (Phi) is 4.29. The highest BCUT2D eigenvalue weighted by molar-refractivity contribution is 5.95. The van der Waals surface area contributed by atoms with E-state index in [2.05, 4.69) is 22.2 Å². The Balaban J connectivity index is 1.74. The first-order chi connectivity index (χ1) is 10.2. The number of carbonyl (C=O) groups is 1. The van der Waals surface area contributed by atoms with Gasteiger partial charge in [0.1, 0.15) is 0 Å². The van der Waals surface area contributed by atoms with Crippen LogP contribution in [0.25, 0.3) is 0 Å². The maximum Gasteiger partial charge on any atom is 0.257 e. The molecule has 1 unspecified atom stereocenters. The lowest BCUT2D eigenvalue weighted by Gasteiger charge is -2.30. The molecule has 1 aliphatic carbocycles. The molecule has 1 aliphatic heterocycles. The average molecular weight is 290 g/mol. The molecular weight excluding hydrogens is 264 g/mol. The van der Waals surface area contributed by atoms with Crippen LogP contribution in [0.5, 0.6) is 0 Å². The molecule has 1 aromatic rings. The van der Waals surface area contributed by atoms with Gasteiger partial charge < -0.3 is 10.2 Å². The molecule has 1 amide bonds. The third-order valence-corrected chi connectivity index (χ3v) is 4.57. The molecule has 1 aromatic heterocycles. The van der Waals surface area contributed by atoms with Gasteiger partial charge in [-0.3, -0.25) is 9.48 Å². The second-order valence-electron chi connectivity index (χ2n) is 6.42. The molecule has 1 saturated heterocycles. The zero-order valence-corrected chi connectivity index (χ0v) is 13.1. The molecule has 2 fully saturated rings. The van der Waals surface area contributed by atoms with Crippen molar-refractivity contribution in [1.29, 1.82) is 0 Å². The SMILES string of the molecule is CCc1nn(C)cc1C(=O)N(CC1CCCNC1)C1CC1. The van der Waals surface area contributed by atoms with Crippen LogP contribution < -0.4 is 5.32 Å². The predicted molar refractivity (Wildman–Crippen MR) is 82.2 cm³/mol. The van der Waals surface area contributed by atoms with Crippen LogP contribution in [0.4, 0.5) is 0 Å². The van der Waals surface area contributed by atoms with Crippen molar-refractivity contribution in [2.75, 3.05) is 19.6 Å². The Morgan fingerprint density at radius 3 is 2.90 bits per heavy atom. The number of hydrogen-bond acceptors (Lipinski definition) is 3. The summed E-state index contributed by atoms with van der Waals surface area (Å²) in [5.41, 5.74) is 1.73. The monoisotopic (exact) mass is 290 g/mol. The zero-order chi connectivity index (χ0) is 14.8. The minimum atomic E-state index is 0.188. The second kappa shape index (κ2) is 6.18. The quantitative estimate of drug-likeness (QED) is 0.896. The van der Waals surface area contributed by atoms with E-state index in [1.54, 1.807) is 4.68 Å². The van der Waals surface area contributed by atoms with Crippen LogP contribution >= 0.6 is 0 Å². The Hall–Kier alpha value is -1.36. The summed E-state index contributed by atoms with van der Waals surface area (Å²) in [5, 5.41) is 7.87. The molecule has 2 heterocycles. The minimum absolute atomic E-state index is 0.188. The summed E-state index contributed by atoms with van der Waals surface area (Å²) in [6, 6.07) is 0.462. The van der Waals surface area contributed by atoms with Crippen molar-refractivity contribution in [2.24, 2.45) is 13.0 Å². The summed E-state index contributed by atoms with van der Waals surface area (Å²) in [4.78, 5) is 15.1. The average Bonchev–Trinajstić information content (AvgIpc) is 3.27. The molecule has 0 bridgehead atoms. The van der Waals surface area contributed by atoms with E-state index in [1.165, 1.54) is 12.8 Å². The molecule has 0 spiro atoms. The minimum Gasteiger partial charge on any atom is -0.335 e. The van der Waals surface area contributed by atoms with Crippen molar-refractivity contribution in [3.63, 3.8) is 0 Å². The van der Waals surface area contributed by atoms with Gasteiger partial charge in [-0.1, -0.05) is 6.92 Å². The van der Waals surface area contributed by atoms with E-state index >= 15 is 0 Å². The van der Waals surface area contributed by atoms with E-state index in [4.69, 9.17) is 0 Å². The highest BCUT2D eigenvalue weighted by atomic mass is 16.2. The number of piperidine rings is 1. The first kappa shape index (κ1) is 14.6. The number of nitrogens with one attached hydrogen (secondary N) is 1. The standard InChI is InChI=1S/C16H26N4O/c1-3-15-14(11-19(2)18-15)16(21)20(13-6-7-13)10-12-5-4-8-17-9-12/h11-13,17H,3-10H2,1-2H3. The highest BCUT2D eigenvalue weighted by Crippen LogP contribution is 2.30. The lowest BCUT2D eigenvalue weighted by molar-refractivity contribution is 0.0703. The molecular formula is C16H26N4O. The van der Waals surface area contributed by atoms with Crippen LogP contribution in [0.2, 0.25) is 0 Å². The van der Waals surface area contributed by atoms with Gasteiger partial charge in [0.2, 0.25) is 0 Å². The van der Waals surface area contributed by atoms with Gasteiger partial charge in [0, 0.05) is 25.8 Å². The third kappa shape index (κ3) is 3.28. The smallest absolute Gasteiger partial charge is 0.257 e. The largest absolute Gasteiger partial charge is 0.335 e. The summed E-state index contributed by atoms with van der Waals surface area (Å²) in [7, 11) is 1.89. The van der Waals surface area contributed by atoms with Crippen LogP contribution in [-0.2, 0) is 13.5 Å². The van der Waals surface area contributed by atoms with Crippen molar-refractivity contribution in [1.82, 2.24) is 20.0 Å². The van der Waals surface area contributed by atoms with Crippen molar-refractivity contribution in [3.05, 3.63) is 17.5 Å². The number of nitrogens with zero attached hydrogens (tertiary/aromatic N) is 3. The number of carbonyl (C=O) groups excluding carboxylic acids is 1. The lowest BCUT2D eigenvalue weighted by atomic mass is 9.98. The molecule has 1 saturated carbocycles. The van der Waals surface area contributed by atoms with Crippen LogP contribution in [-0.4, -0.2) is 46.3 Å². The zero-order valence-electron chi connectivity index (χ0n) is 13.1. The fraction of sp³-hybridized carbons (Fsp3) is 0.750. The number of hydrogen-bond donors (Lipinski definition) is 1. The highest BCUT2D eigenvalue weighted by Gasteiger charge is 2.35. The van der Waals surface area contributed by atoms with Crippen LogP contribution in [0.1, 0.15) is 48.7 Å². The summed E-state index contributed by atoms with van der Waals surface area (Å²) >= 11 is 0. The summed E-state index contributed by atoms with van der Waals surface area (Å²) in [6.45, 7) is 5.13. The molecule has 0 aromatic carbocycles. The Morgan fingerprint density at radius 2 is 2.29 bits per heavy atom. The molecule has 1 atom stereocenters. The van der Waals surface area contributed by atoms with E-state index in [1.807, 2.05) is 13.2 Å². The number of amides is 1. The van der Waals surface area contributed by atoms with Gasteiger partial charge in [0.05, 0.1) is 11.3 Å². The number of aromatic nitrogens is 2. The Labute approximate surface area is 126 Å². The summed E-state index contributed by atoms with van der Waals surface area (Å²) in [5.74, 6) is 0.790. The second-order valence-corrected chi connectivity index (χ2v) is 6.42. The fourth-order valence-electron chi connectivity index (χ4n) is 3.27. The van der Waals surface area contributed by atoms with Crippen molar-refractivity contribution < 1.29 is 4.79 Å². The van der Waals surface area contributed by atoms with E-state index in [9.17, 15) is 4.79 Å². The topological polar surface area (TPSA) is 50.2 Å². The van der Waals surface area contributed by atoms with Crippen molar-refractivity contribution in [3.8, 4) is 0 Å². The van der Waals surface area contributed by atoms with Gasteiger partial charge in [-0.05, 0) is 51.1 Å². The lowest BCUT2D eigenvalue weighted by Crippen LogP contribution is -2.42. The fourth-order valence-corrected chi connectivity index (χ4v) is 3.27. The van der Waals surface area contributed by atoms with E-state index < -0.39 is 0 Å². The van der Waals surface area contributed by atoms with Crippen LogP contribution in [0.3, 0.4) is 0 Å². The van der Waals surface area contributed by atoms with Gasteiger partial charge in [-0.25, -0.2) is 0 Å². The van der Waals surface area contributed by atoms with Gasteiger partial charge in [-0.15, -0.1) is 0 Å². The molecule has 1 N–H and O–H groups in total. The normalized spacial score (nSPS) is 22.3.